The summed E-state index contributed by atoms with van der Waals surface area (Å²) in [6.45, 7) is 4.15. The molecule has 0 aromatic carbocycles. The van der Waals surface area contributed by atoms with Gasteiger partial charge in [-0.3, -0.25) is 0 Å². The Morgan fingerprint density at radius 2 is 1.64 bits per heavy atom. The van der Waals surface area contributed by atoms with E-state index in [1.807, 2.05) is 21.0 Å². The number of hydrogen-bond acceptors (Lipinski definition) is 6. The van der Waals surface area contributed by atoms with E-state index in [4.69, 9.17) is 0 Å². The largest absolute Gasteiger partial charge is 0.806 e. The zero-order chi connectivity index (χ0) is 18.2. The van der Waals surface area contributed by atoms with E-state index >= 15 is 0 Å². The van der Waals surface area contributed by atoms with E-state index in [9.17, 15) is 24.3 Å². The summed E-state index contributed by atoms with van der Waals surface area (Å²) in [5, 5.41) is 12.3. The van der Waals surface area contributed by atoms with Gasteiger partial charge in [0.1, 0.15) is 11.3 Å². The first-order valence-electron chi connectivity index (χ1n) is 6.73. The zero-order valence-electron chi connectivity index (χ0n) is 14.1. The van der Waals surface area contributed by atoms with Gasteiger partial charge >= 0.3 is 0 Å². The first kappa shape index (κ1) is 23.7. The molecule has 0 radical (unpaired) electrons. The SMILES string of the molecule is CC[N+](C)(C)CCNC(=S)P(=O)([O-])[O-].C[N+](C)(C)CC(=O)[O-]. The molecule has 0 saturated heterocycles. The predicted octanol–water partition coefficient (Wildman–Crippen LogP) is -2.69. The van der Waals surface area contributed by atoms with Gasteiger partial charge in [0.2, 0.25) is 0 Å². The van der Waals surface area contributed by atoms with Crippen LogP contribution in [0, 0.1) is 0 Å². The van der Waals surface area contributed by atoms with E-state index in [1.54, 1.807) is 21.1 Å². The number of nitrogens with one attached hydrogen (secondary N) is 1. The van der Waals surface area contributed by atoms with Crippen molar-refractivity contribution in [3.63, 3.8) is 0 Å². The molecule has 0 rings (SSSR count). The molecule has 0 amide bonds. The van der Waals surface area contributed by atoms with Crippen molar-refractivity contribution in [2.75, 3.05) is 61.4 Å². The molecule has 0 unspecified atom stereocenters. The minimum absolute atomic E-state index is 0.0694. The molecule has 0 fully saturated rings. The van der Waals surface area contributed by atoms with Crippen LogP contribution in [-0.2, 0) is 9.36 Å². The number of likely N-dealkylation sites (N-methyl/N-ethyl adjacent to an activating group) is 2. The quantitative estimate of drug-likeness (QED) is 0.300. The van der Waals surface area contributed by atoms with Gasteiger partial charge < -0.3 is 38.5 Å². The summed E-state index contributed by atoms with van der Waals surface area (Å²) in [5.74, 6) is -1.00. The molecular formula is C12H27N3O5PS-. The molecule has 10 heteroatoms. The number of carbonyl (C=O) groups is 1. The minimum Gasteiger partial charge on any atom is -0.806 e. The highest BCUT2D eigenvalue weighted by Crippen LogP contribution is 2.23. The maximum Gasteiger partial charge on any atom is 0.118 e. The van der Waals surface area contributed by atoms with Gasteiger partial charge in [-0.05, 0) is 14.5 Å². The number of rotatable bonds is 7. The molecule has 0 heterocycles. The third-order valence-electron chi connectivity index (χ3n) is 2.70. The third kappa shape index (κ3) is 15.8. The molecule has 0 saturated carbocycles. The highest BCUT2D eigenvalue weighted by molar-refractivity contribution is 7.96. The van der Waals surface area contributed by atoms with Gasteiger partial charge in [0.05, 0.1) is 60.8 Å². The third-order valence-corrected chi connectivity index (χ3v) is 4.17. The normalized spacial score (nSPS) is 12.2. The number of aliphatic carboxylic acids is 1. The predicted molar refractivity (Wildman–Crippen MR) is 83.6 cm³/mol. The number of nitrogens with zero attached hydrogens (tertiary/aromatic N) is 2. The van der Waals surface area contributed by atoms with E-state index in [0.29, 0.717) is 11.0 Å². The van der Waals surface area contributed by atoms with Crippen molar-refractivity contribution in [2.24, 2.45) is 0 Å². The number of carboxylic acid groups (broad SMARTS) is 1. The zero-order valence-corrected chi connectivity index (χ0v) is 15.8. The molecule has 0 aromatic heterocycles. The molecule has 0 aromatic rings. The maximum absolute atomic E-state index is 10.4. The maximum atomic E-state index is 10.4. The first-order chi connectivity index (χ1) is 9.60. The van der Waals surface area contributed by atoms with Crippen LogP contribution in [0.5, 0.6) is 0 Å². The summed E-state index contributed by atoms with van der Waals surface area (Å²) in [6, 6.07) is 0. The van der Waals surface area contributed by atoms with E-state index in [-0.39, 0.29) is 6.54 Å². The van der Waals surface area contributed by atoms with Gasteiger partial charge in [0.25, 0.3) is 0 Å². The van der Waals surface area contributed by atoms with Crippen LogP contribution in [0.1, 0.15) is 6.92 Å². The monoisotopic (exact) mass is 356 g/mol. The Labute approximate surface area is 138 Å². The molecule has 0 aliphatic heterocycles. The van der Waals surface area contributed by atoms with Crippen LogP contribution < -0.4 is 20.2 Å². The molecular weight excluding hydrogens is 329 g/mol. The van der Waals surface area contributed by atoms with Crippen molar-refractivity contribution in [1.82, 2.24) is 5.32 Å². The Balaban J connectivity index is 0. The first-order valence-corrected chi connectivity index (χ1v) is 8.68. The molecule has 8 nitrogen and oxygen atoms in total. The fourth-order valence-corrected chi connectivity index (χ4v) is 1.52. The van der Waals surface area contributed by atoms with Gasteiger partial charge in [-0.2, -0.15) is 0 Å². The number of quaternary nitrogens is 2. The topological polar surface area (TPSA) is 115 Å². The van der Waals surface area contributed by atoms with E-state index in [1.165, 1.54) is 0 Å². The summed E-state index contributed by atoms with van der Waals surface area (Å²) < 4.78 is 11.0. The van der Waals surface area contributed by atoms with Gasteiger partial charge in [-0.25, -0.2) is 0 Å². The summed E-state index contributed by atoms with van der Waals surface area (Å²) in [5.41, 5.74) is 0. The number of hydrogen-bond donors (Lipinski definition) is 1. The second-order valence-corrected chi connectivity index (χ2v) is 8.68. The lowest BCUT2D eigenvalue weighted by Crippen LogP contribution is -2.45. The molecule has 22 heavy (non-hydrogen) atoms. The van der Waals surface area contributed by atoms with Crippen LogP contribution in [-0.4, -0.2) is 81.1 Å². The Hall–Kier alpha value is -0.570. The summed E-state index contributed by atoms with van der Waals surface area (Å²) >= 11 is 4.41. The van der Waals surface area contributed by atoms with Crippen LogP contribution in [0.3, 0.4) is 0 Å². The van der Waals surface area contributed by atoms with Crippen LogP contribution >= 0.6 is 19.8 Å². The van der Waals surface area contributed by atoms with Gasteiger partial charge in [-0.1, -0.05) is 12.2 Å². The second-order valence-electron chi connectivity index (χ2n) is 6.53. The molecule has 132 valence electrons. The Morgan fingerprint density at radius 1 is 1.18 bits per heavy atom. The van der Waals surface area contributed by atoms with Crippen molar-refractivity contribution < 1.29 is 33.2 Å². The number of carboxylic acids is 1. The van der Waals surface area contributed by atoms with Crippen LogP contribution in [0.2, 0.25) is 0 Å². The van der Waals surface area contributed by atoms with Crippen molar-refractivity contribution in [1.29, 1.82) is 0 Å². The summed E-state index contributed by atoms with van der Waals surface area (Å²) in [7, 11) is 4.70. The van der Waals surface area contributed by atoms with Crippen LogP contribution in [0.15, 0.2) is 0 Å². The van der Waals surface area contributed by atoms with Gasteiger partial charge in [0.15, 0.2) is 0 Å². The lowest BCUT2D eigenvalue weighted by Gasteiger charge is -2.32. The molecule has 1 N–H and O–H groups in total. The fourth-order valence-electron chi connectivity index (χ4n) is 1.11. The van der Waals surface area contributed by atoms with Crippen molar-refractivity contribution in [3.8, 4) is 0 Å². The molecule has 0 aliphatic carbocycles. The Morgan fingerprint density at radius 3 is 1.86 bits per heavy atom. The van der Waals surface area contributed by atoms with Gasteiger partial charge in [-0.15, -0.1) is 0 Å². The summed E-state index contributed by atoms with van der Waals surface area (Å²) in [6.07, 6.45) is 0. The van der Waals surface area contributed by atoms with Crippen molar-refractivity contribution in [3.05, 3.63) is 0 Å². The average Bonchev–Trinajstić information content (AvgIpc) is 2.24. The molecule has 0 atom stereocenters. The minimum atomic E-state index is -4.73. The smallest absolute Gasteiger partial charge is 0.118 e. The van der Waals surface area contributed by atoms with Crippen molar-refractivity contribution in [2.45, 2.75) is 6.92 Å². The highest BCUT2D eigenvalue weighted by atomic mass is 32.1. The van der Waals surface area contributed by atoms with E-state index < -0.39 is 18.3 Å². The van der Waals surface area contributed by atoms with Crippen molar-refractivity contribution >= 4 is 30.5 Å². The highest BCUT2D eigenvalue weighted by Gasteiger charge is 2.11. The summed E-state index contributed by atoms with van der Waals surface area (Å²) in [4.78, 5) is 30.7. The standard InChI is InChI=1S/C7H17N2O3PS.C5H11NO2/c1-4-9(2,3)6-5-8-7(14)13(10,11)12;1-6(2,3)4-5(7)8/h4-6H2,1-3H3,(H2-,8,10,11,12,14);4H2,1-3H3/p-1. The Kier molecular flexibility index (Phi) is 10.3. The molecule has 0 bridgehead atoms. The van der Waals surface area contributed by atoms with E-state index in [0.717, 1.165) is 17.6 Å². The van der Waals surface area contributed by atoms with Crippen LogP contribution in [0.25, 0.3) is 0 Å². The van der Waals surface area contributed by atoms with E-state index in [2.05, 4.69) is 17.5 Å². The van der Waals surface area contributed by atoms with Crippen LogP contribution in [0.4, 0.5) is 0 Å². The lowest BCUT2D eigenvalue weighted by atomic mass is 10.4. The second kappa shape index (κ2) is 9.54. The fraction of sp³-hybridized carbons (Fsp3) is 0.833. The lowest BCUT2D eigenvalue weighted by molar-refractivity contribution is -0.887. The van der Waals surface area contributed by atoms with Gasteiger partial charge in [0, 0.05) is 0 Å². The number of thiocarbonyl (C=S) groups is 1. The average molecular weight is 356 g/mol. The molecule has 0 aliphatic rings. The molecule has 0 spiro atoms. The Bertz CT molecular complexity index is 417. The number of carbonyl (C=O) groups excluding carboxylic acids is 1.